The Morgan fingerprint density at radius 1 is 1.18 bits per heavy atom. The van der Waals surface area contributed by atoms with Gasteiger partial charge in [0, 0.05) is 22.6 Å². The number of amides is 1. The van der Waals surface area contributed by atoms with Crippen LogP contribution in [0.3, 0.4) is 0 Å². The standard InChI is InChI=1S/C21H27BrN4O2/c22-17-8-4-6-15(12-17)21-25-24-19(28-21)14-26-11-5-7-16(13-26)20(27)23-18-9-2-1-3-10-18/h4,6,8,12,16,18H,1-3,5,7,9-11,13-14H2,(H,23,27). The minimum absolute atomic E-state index is 0.0585. The lowest BCUT2D eigenvalue weighted by atomic mass is 9.93. The fourth-order valence-corrected chi connectivity index (χ4v) is 4.63. The zero-order valence-corrected chi connectivity index (χ0v) is 17.7. The molecule has 1 aromatic heterocycles. The first-order chi connectivity index (χ1) is 13.7. The summed E-state index contributed by atoms with van der Waals surface area (Å²) in [5.41, 5.74) is 0.900. The number of hydrogen-bond donors (Lipinski definition) is 1. The third kappa shape index (κ3) is 5.00. The molecule has 0 bridgehead atoms. The van der Waals surface area contributed by atoms with Gasteiger partial charge in [0.15, 0.2) is 0 Å². The highest BCUT2D eigenvalue weighted by atomic mass is 79.9. The summed E-state index contributed by atoms with van der Waals surface area (Å²) < 4.78 is 6.84. The number of aromatic nitrogens is 2. The number of rotatable bonds is 5. The van der Waals surface area contributed by atoms with Crippen molar-refractivity contribution < 1.29 is 9.21 Å². The molecule has 1 saturated heterocycles. The highest BCUT2D eigenvalue weighted by Gasteiger charge is 2.28. The number of piperidine rings is 1. The number of nitrogens with one attached hydrogen (secondary N) is 1. The first-order valence-corrected chi connectivity index (χ1v) is 11.1. The van der Waals surface area contributed by atoms with Crippen LogP contribution >= 0.6 is 15.9 Å². The van der Waals surface area contributed by atoms with E-state index in [9.17, 15) is 4.79 Å². The molecule has 1 aromatic carbocycles. The average Bonchev–Trinajstić information content (AvgIpc) is 3.17. The molecule has 6 nitrogen and oxygen atoms in total. The van der Waals surface area contributed by atoms with Crippen molar-refractivity contribution in [3.8, 4) is 11.5 Å². The molecule has 1 N–H and O–H groups in total. The van der Waals surface area contributed by atoms with Crippen LogP contribution in [0.25, 0.3) is 11.5 Å². The Hall–Kier alpha value is -1.73. The molecule has 2 fully saturated rings. The Kier molecular flexibility index (Phi) is 6.42. The van der Waals surface area contributed by atoms with Gasteiger partial charge in [-0.2, -0.15) is 0 Å². The number of carbonyl (C=O) groups is 1. The second-order valence-electron chi connectivity index (χ2n) is 7.93. The molecular formula is C21H27BrN4O2. The van der Waals surface area contributed by atoms with Crippen molar-refractivity contribution >= 4 is 21.8 Å². The van der Waals surface area contributed by atoms with E-state index in [1.807, 2.05) is 24.3 Å². The largest absolute Gasteiger partial charge is 0.419 e. The van der Waals surface area contributed by atoms with Gasteiger partial charge in [0.05, 0.1) is 12.5 Å². The summed E-state index contributed by atoms with van der Waals surface area (Å²) in [5, 5.41) is 11.7. The van der Waals surface area contributed by atoms with E-state index in [2.05, 4.69) is 36.3 Å². The molecule has 4 rings (SSSR count). The van der Waals surface area contributed by atoms with Crippen LogP contribution in [0.4, 0.5) is 0 Å². The first-order valence-electron chi connectivity index (χ1n) is 10.3. The Balaban J connectivity index is 1.33. The van der Waals surface area contributed by atoms with E-state index < -0.39 is 0 Å². The summed E-state index contributed by atoms with van der Waals surface area (Å²) >= 11 is 3.47. The van der Waals surface area contributed by atoms with Crippen LogP contribution in [0, 0.1) is 5.92 Å². The third-order valence-corrected chi connectivity index (χ3v) is 6.22. The fourth-order valence-electron chi connectivity index (χ4n) is 4.23. The summed E-state index contributed by atoms with van der Waals surface area (Å²) in [6.07, 6.45) is 8.01. The quantitative estimate of drug-likeness (QED) is 0.746. The first kappa shape index (κ1) is 19.6. The van der Waals surface area contributed by atoms with Crippen molar-refractivity contribution in [2.75, 3.05) is 13.1 Å². The maximum atomic E-state index is 12.7. The van der Waals surface area contributed by atoms with E-state index in [1.54, 1.807) is 0 Å². The maximum absolute atomic E-state index is 12.7. The molecule has 2 heterocycles. The number of carbonyl (C=O) groups excluding carboxylic acids is 1. The molecule has 2 aliphatic rings. The van der Waals surface area contributed by atoms with Crippen molar-refractivity contribution in [1.82, 2.24) is 20.4 Å². The highest BCUT2D eigenvalue weighted by molar-refractivity contribution is 9.10. The monoisotopic (exact) mass is 446 g/mol. The van der Waals surface area contributed by atoms with Gasteiger partial charge in [0.25, 0.3) is 0 Å². The normalized spacial score (nSPS) is 21.5. The number of halogens is 1. The molecule has 1 unspecified atom stereocenters. The fraction of sp³-hybridized carbons (Fsp3) is 0.571. The van der Waals surface area contributed by atoms with Gasteiger partial charge in [-0.25, -0.2) is 0 Å². The zero-order valence-electron chi connectivity index (χ0n) is 16.1. The molecule has 1 amide bonds. The molecule has 1 aliphatic carbocycles. The zero-order chi connectivity index (χ0) is 19.3. The Labute approximate surface area is 174 Å². The molecule has 1 aliphatic heterocycles. The van der Waals surface area contributed by atoms with Crippen LogP contribution in [0.15, 0.2) is 33.2 Å². The molecule has 7 heteroatoms. The molecule has 150 valence electrons. The molecular weight excluding hydrogens is 420 g/mol. The van der Waals surface area contributed by atoms with Crippen LogP contribution in [0.5, 0.6) is 0 Å². The molecule has 1 atom stereocenters. The van der Waals surface area contributed by atoms with Crippen LogP contribution in [0.2, 0.25) is 0 Å². The summed E-state index contributed by atoms with van der Waals surface area (Å²) in [4.78, 5) is 14.9. The number of benzene rings is 1. The van der Waals surface area contributed by atoms with Gasteiger partial charge in [-0.3, -0.25) is 9.69 Å². The second-order valence-corrected chi connectivity index (χ2v) is 8.84. The number of likely N-dealkylation sites (tertiary alicyclic amines) is 1. The second kappa shape index (κ2) is 9.18. The third-order valence-electron chi connectivity index (χ3n) is 5.73. The summed E-state index contributed by atoms with van der Waals surface area (Å²) in [7, 11) is 0. The van der Waals surface area contributed by atoms with Gasteiger partial charge >= 0.3 is 0 Å². The van der Waals surface area contributed by atoms with E-state index >= 15 is 0 Å². The SMILES string of the molecule is O=C(NC1CCCCC1)C1CCCN(Cc2nnc(-c3cccc(Br)c3)o2)C1. The lowest BCUT2D eigenvalue weighted by Gasteiger charge is -2.32. The maximum Gasteiger partial charge on any atom is 0.247 e. The van der Waals surface area contributed by atoms with Gasteiger partial charge in [0.2, 0.25) is 17.7 Å². The van der Waals surface area contributed by atoms with Crippen LogP contribution in [-0.4, -0.2) is 40.1 Å². The van der Waals surface area contributed by atoms with E-state index in [-0.39, 0.29) is 11.8 Å². The van der Waals surface area contributed by atoms with Gasteiger partial charge in [-0.1, -0.05) is 41.3 Å². The van der Waals surface area contributed by atoms with Crippen molar-refractivity contribution in [2.24, 2.45) is 5.92 Å². The lowest BCUT2D eigenvalue weighted by molar-refractivity contribution is -0.127. The lowest BCUT2D eigenvalue weighted by Crippen LogP contribution is -2.46. The topological polar surface area (TPSA) is 71.3 Å². The van der Waals surface area contributed by atoms with Gasteiger partial charge in [0.1, 0.15) is 0 Å². The van der Waals surface area contributed by atoms with Crippen molar-refractivity contribution in [3.05, 3.63) is 34.6 Å². The van der Waals surface area contributed by atoms with Crippen LogP contribution in [-0.2, 0) is 11.3 Å². The average molecular weight is 447 g/mol. The van der Waals surface area contributed by atoms with Gasteiger partial charge in [-0.15, -0.1) is 10.2 Å². The molecule has 1 saturated carbocycles. The summed E-state index contributed by atoms with van der Waals surface area (Å²) in [6.45, 7) is 2.31. The van der Waals surface area contributed by atoms with E-state index in [0.717, 1.165) is 48.8 Å². The van der Waals surface area contributed by atoms with Crippen molar-refractivity contribution in [2.45, 2.75) is 57.5 Å². The molecule has 28 heavy (non-hydrogen) atoms. The van der Waals surface area contributed by atoms with E-state index in [1.165, 1.54) is 19.3 Å². The van der Waals surface area contributed by atoms with Crippen LogP contribution < -0.4 is 5.32 Å². The van der Waals surface area contributed by atoms with Gasteiger partial charge < -0.3 is 9.73 Å². The highest BCUT2D eigenvalue weighted by Crippen LogP contribution is 2.24. The van der Waals surface area contributed by atoms with E-state index in [4.69, 9.17) is 4.42 Å². The molecule has 0 spiro atoms. The predicted molar refractivity (Wildman–Crippen MR) is 110 cm³/mol. The smallest absolute Gasteiger partial charge is 0.247 e. The molecule has 2 aromatic rings. The Bertz CT molecular complexity index is 803. The van der Waals surface area contributed by atoms with Crippen molar-refractivity contribution in [1.29, 1.82) is 0 Å². The minimum Gasteiger partial charge on any atom is -0.419 e. The summed E-state index contributed by atoms with van der Waals surface area (Å²) in [5.74, 6) is 1.41. The number of hydrogen-bond acceptors (Lipinski definition) is 5. The Morgan fingerprint density at radius 3 is 2.86 bits per heavy atom. The number of nitrogens with zero attached hydrogens (tertiary/aromatic N) is 3. The van der Waals surface area contributed by atoms with Crippen LogP contribution in [0.1, 0.15) is 50.8 Å². The predicted octanol–water partition coefficient (Wildman–Crippen LogP) is 4.16. The summed E-state index contributed by atoms with van der Waals surface area (Å²) in [6, 6.07) is 8.20. The minimum atomic E-state index is 0.0585. The van der Waals surface area contributed by atoms with E-state index in [0.29, 0.717) is 24.4 Å². The van der Waals surface area contributed by atoms with Crippen molar-refractivity contribution in [3.63, 3.8) is 0 Å². The Morgan fingerprint density at radius 2 is 2.04 bits per heavy atom. The van der Waals surface area contributed by atoms with Gasteiger partial charge in [-0.05, 0) is 50.4 Å². The molecule has 0 radical (unpaired) electrons.